The van der Waals surface area contributed by atoms with Gasteiger partial charge in [0.1, 0.15) is 0 Å². The summed E-state index contributed by atoms with van der Waals surface area (Å²) in [5, 5.41) is 16.7. The molecule has 1 aromatic rings. The molecule has 1 unspecified atom stereocenters. The van der Waals surface area contributed by atoms with Crippen molar-refractivity contribution < 1.29 is 14.6 Å². The van der Waals surface area contributed by atoms with Gasteiger partial charge in [-0.25, -0.2) is 0 Å². The van der Waals surface area contributed by atoms with Crippen molar-refractivity contribution in [2.45, 2.75) is 37.3 Å². The Morgan fingerprint density at radius 2 is 2.10 bits per heavy atom. The standard InChI is InChI=1S/C16H22N2O3/c19-15-14(17-11-16(20)7-9-21-10-8-16)6-5-12-3-1-2-4-13(12)18-15/h1-4,14,17,20H,5-11H2,(H,18,19). The first-order valence-corrected chi connectivity index (χ1v) is 7.59. The average Bonchev–Trinajstić information content (AvgIpc) is 2.64. The Bertz CT molecular complexity index is 512. The van der Waals surface area contributed by atoms with Gasteiger partial charge in [-0.2, -0.15) is 0 Å². The number of nitrogens with one attached hydrogen (secondary N) is 2. The van der Waals surface area contributed by atoms with Gasteiger partial charge in [-0.15, -0.1) is 0 Å². The number of ether oxygens (including phenoxy) is 1. The van der Waals surface area contributed by atoms with Crippen LogP contribution in [0.3, 0.4) is 0 Å². The van der Waals surface area contributed by atoms with Crippen LogP contribution in [0.2, 0.25) is 0 Å². The third-order valence-corrected chi connectivity index (χ3v) is 4.40. The predicted molar refractivity (Wildman–Crippen MR) is 80.2 cm³/mol. The van der Waals surface area contributed by atoms with Crippen LogP contribution in [0.5, 0.6) is 0 Å². The van der Waals surface area contributed by atoms with Gasteiger partial charge in [0.15, 0.2) is 0 Å². The molecule has 1 fully saturated rings. The monoisotopic (exact) mass is 290 g/mol. The highest BCUT2D eigenvalue weighted by Crippen LogP contribution is 2.23. The molecule has 1 amide bonds. The molecular formula is C16H22N2O3. The Hall–Kier alpha value is -1.43. The lowest BCUT2D eigenvalue weighted by Gasteiger charge is -2.33. The molecular weight excluding hydrogens is 268 g/mol. The zero-order chi connectivity index (χ0) is 14.7. The Balaban J connectivity index is 1.61. The summed E-state index contributed by atoms with van der Waals surface area (Å²) in [5.41, 5.74) is 1.31. The number of anilines is 1. The minimum Gasteiger partial charge on any atom is -0.388 e. The van der Waals surface area contributed by atoms with E-state index in [0.29, 0.717) is 32.6 Å². The van der Waals surface area contributed by atoms with Crippen molar-refractivity contribution >= 4 is 11.6 Å². The van der Waals surface area contributed by atoms with E-state index in [1.165, 1.54) is 5.56 Å². The molecule has 3 rings (SSSR count). The van der Waals surface area contributed by atoms with Crippen molar-refractivity contribution in [2.75, 3.05) is 25.1 Å². The van der Waals surface area contributed by atoms with Gasteiger partial charge in [-0.05, 0) is 24.5 Å². The van der Waals surface area contributed by atoms with Gasteiger partial charge >= 0.3 is 0 Å². The molecule has 2 heterocycles. The van der Waals surface area contributed by atoms with Gasteiger partial charge in [0, 0.05) is 38.3 Å². The highest BCUT2D eigenvalue weighted by Gasteiger charge is 2.32. The third kappa shape index (κ3) is 3.43. The van der Waals surface area contributed by atoms with Gasteiger partial charge in [0.05, 0.1) is 11.6 Å². The molecule has 0 radical (unpaired) electrons. The summed E-state index contributed by atoms with van der Waals surface area (Å²) >= 11 is 0. The summed E-state index contributed by atoms with van der Waals surface area (Å²) in [6, 6.07) is 7.64. The van der Waals surface area contributed by atoms with Crippen LogP contribution in [0.1, 0.15) is 24.8 Å². The molecule has 21 heavy (non-hydrogen) atoms. The van der Waals surface area contributed by atoms with E-state index in [0.717, 1.165) is 18.5 Å². The molecule has 1 aromatic carbocycles. The average molecular weight is 290 g/mol. The SMILES string of the molecule is O=C1Nc2ccccc2CCC1NCC1(O)CCOCC1. The van der Waals surface area contributed by atoms with E-state index in [4.69, 9.17) is 4.74 Å². The quantitative estimate of drug-likeness (QED) is 0.779. The maximum Gasteiger partial charge on any atom is 0.241 e. The number of fused-ring (bicyclic) bond motifs is 1. The van der Waals surface area contributed by atoms with E-state index in [1.54, 1.807) is 0 Å². The van der Waals surface area contributed by atoms with Crippen molar-refractivity contribution in [2.24, 2.45) is 0 Å². The number of para-hydroxylation sites is 1. The topological polar surface area (TPSA) is 70.6 Å². The fourth-order valence-electron chi connectivity index (χ4n) is 2.95. The molecule has 0 spiro atoms. The summed E-state index contributed by atoms with van der Waals surface area (Å²) in [7, 11) is 0. The number of aliphatic hydroxyl groups is 1. The maximum atomic E-state index is 12.3. The molecule has 5 nitrogen and oxygen atoms in total. The van der Waals surface area contributed by atoms with Crippen molar-refractivity contribution in [1.82, 2.24) is 5.32 Å². The minimum atomic E-state index is -0.752. The van der Waals surface area contributed by atoms with Crippen LogP contribution in [0.25, 0.3) is 0 Å². The summed E-state index contributed by atoms with van der Waals surface area (Å²) < 4.78 is 5.27. The summed E-state index contributed by atoms with van der Waals surface area (Å²) in [6.45, 7) is 1.60. The largest absolute Gasteiger partial charge is 0.388 e. The van der Waals surface area contributed by atoms with Gasteiger partial charge in [0.25, 0.3) is 0 Å². The van der Waals surface area contributed by atoms with Gasteiger partial charge in [-0.3, -0.25) is 4.79 Å². The smallest absolute Gasteiger partial charge is 0.241 e. The summed E-state index contributed by atoms with van der Waals surface area (Å²) in [5.74, 6) is -0.0180. The van der Waals surface area contributed by atoms with Crippen molar-refractivity contribution in [3.63, 3.8) is 0 Å². The summed E-state index contributed by atoms with van der Waals surface area (Å²) in [4.78, 5) is 12.3. The molecule has 0 aromatic heterocycles. The highest BCUT2D eigenvalue weighted by molar-refractivity contribution is 5.96. The first-order chi connectivity index (χ1) is 10.2. The fourth-order valence-corrected chi connectivity index (χ4v) is 2.95. The van der Waals surface area contributed by atoms with Gasteiger partial charge in [-0.1, -0.05) is 18.2 Å². The van der Waals surface area contributed by atoms with Crippen LogP contribution in [-0.4, -0.2) is 42.4 Å². The zero-order valence-electron chi connectivity index (χ0n) is 12.1. The van der Waals surface area contributed by atoms with Gasteiger partial charge in [0.2, 0.25) is 5.91 Å². The van der Waals surface area contributed by atoms with E-state index >= 15 is 0 Å². The lowest BCUT2D eigenvalue weighted by molar-refractivity contribution is -0.118. The van der Waals surface area contributed by atoms with Crippen LogP contribution >= 0.6 is 0 Å². The van der Waals surface area contributed by atoms with Crippen LogP contribution in [-0.2, 0) is 16.0 Å². The third-order valence-electron chi connectivity index (χ3n) is 4.40. The van der Waals surface area contributed by atoms with E-state index in [9.17, 15) is 9.90 Å². The molecule has 0 bridgehead atoms. The maximum absolute atomic E-state index is 12.3. The molecule has 2 aliphatic rings. The van der Waals surface area contributed by atoms with Crippen LogP contribution in [0.15, 0.2) is 24.3 Å². The Kier molecular flexibility index (Phi) is 4.24. The second-order valence-corrected chi connectivity index (χ2v) is 5.96. The van der Waals surface area contributed by atoms with Crippen LogP contribution in [0, 0.1) is 0 Å². The highest BCUT2D eigenvalue weighted by atomic mass is 16.5. The lowest BCUT2D eigenvalue weighted by atomic mass is 9.94. The Morgan fingerprint density at radius 1 is 1.33 bits per heavy atom. The van der Waals surface area contributed by atoms with Crippen molar-refractivity contribution in [3.8, 4) is 0 Å². The number of carbonyl (C=O) groups excluding carboxylic acids is 1. The van der Waals surface area contributed by atoms with E-state index in [1.807, 2.05) is 24.3 Å². The molecule has 1 atom stereocenters. The molecule has 0 saturated carbocycles. The predicted octanol–water partition coefficient (Wildman–Crippen LogP) is 1.07. The number of carbonyl (C=O) groups is 1. The second kappa shape index (κ2) is 6.13. The number of hydrogen-bond acceptors (Lipinski definition) is 4. The number of rotatable bonds is 3. The minimum absolute atomic E-state index is 0.0180. The van der Waals surface area contributed by atoms with Crippen molar-refractivity contribution in [1.29, 1.82) is 0 Å². The normalized spacial score (nSPS) is 24.8. The van der Waals surface area contributed by atoms with Crippen LogP contribution in [0.4, 0.5) is 5.69 Å². The van der Waals surface area contributed by atoms with Crippen LogP contribution < -0.4 is 10.6 Å². The second-order valence-electron chi connectivity index (χ2n) is 5.96. The van der Waals surface area contributed by atoms with E-state index < -0.39 is 5.60 Å². The molecule has 1 saturated heterocycles. The lowest BCUT2D eigenvalue weighted by Crippen LogP contribution is -2.50. The Morgan fingerprint density at radius 3 is 2.90 bits per heavy atom. The van der Waals surface area contributed by atoms with Gasteiger partial charge < -0.3 is 20.5 Å². The van der Waals surface area contributed by atoms with E-state index in [-0.39, 0.29) is 11.9 Å². The number of aryl methyl sites for hydroxylation is 1. The van der Waals surface area contributed by atoms with Crippen molar-refractivity contribution in [3.05, 3.63) is 29.8 Å². The molecule has 2 aliphatic heterocycles. The first kappa shape index (κ1) is 14.5. The number of hydrogen-bond donors (Lipinski definition) is 3. The molecule has 3 N–H and O–H groups in total. The molecule has 114 valence electrons. The summed E-state index contributed by atoms with van der Waals surface area (Å²) in [6.07, 6.45) is 2.84. The molecule has 5 heteroatoms. The zero-order valence-corrected chi connectivity index (χ0v) is 12.1. The number of amides is 1. The fraction of sp³-hybridized carbons (Fsp3) is 0.562. The molecule has 0 aliphatic carbocycles. The number of benzene rings is 1. The first-order valence-electron chi connectivity index (χ1n) is 7.59. The van der Waals surface area contributed by atoms with E-state index in [2.05, 4.69) is 10.6 Å². The Labute approximate surface area is 124 Å².